The predicted octanol–water partition coefficient (Wildman–Crippen LogP) is -1.64. The Bertz CT molecular complexity index is 319. The SMILES string of the molecule is C[n+]1ccn(CCNP(=O)([O-])O)c1. The molecule has 1 aromatic heterocycles. The van der Waals surface area contributed by atoms with E-state index in [1.807, 2.05) is 40.0 Å². The highest BCUT2D eigenvalue weighted by Gasteiger charge is 2.02. The highest BCUT2D eigenvalue weighted by atomic mass is 31.2. The van der Waals surface area contributed by atoms with Gasteiger partial charge in [0.1, 0.15) is 18.9 Å². The maximum absolute atomic E-state index is 10.3. The van der Waals surface area contributed by atoms with Gasteiger partial charge in [-0.05, 0) is 0 Å². The van der Waals surface area contributed by atoms with Gasteiger partial charge in [-0.25, -0.2) is 9.13 Å². The van der Waals surface area contributed by atoms with E-state index in [0.29, 0.717) is 6.54 Å². The van der Waals surface area contributed by atoms with Crippen LogP contribution in [-0.4, -0.2) is 16.0 Å². The molecule has 0 aliphatic carbocycles. The molecule has 1 atom stereocenters. The van der Waals surface area contributed by atoms with Crippen LogP contribution in [0.5, 0.6) is 0 Å². The summed E-state index contributed by atoms with van der Waals surface area (Å²) in [5, 5.41) is 2.01. The molecule has 6 nitrogen and oxygen atoms in total. The molecular formula is C6H12N3O3P. The van der Waals surface area contributed by atoms with Gasteiger partial charge in [-0.15, -0.1) is 0 Å². The molecule has 0 aliphatic heterocycles. The molecule has 1 aromatic rings. The number of hydrogen-bond acceptors (Lipinski definition) is 2. The molecule has 0 bridgehead atoms. The summed E-state index contributed by atoms with van der Waals surface area (Å²) in [5.74, 6) is 0. The van der Waals surface area contributed by atoms with Gasteiger partial charge in [0.2, 0.25) is 14.1 Å². The average molecular weight is 205 g/mol. The lowest BCUT2D eigenvalue weighted by Crippen LogP contribution is -2.25. The van der Waals surface area contributed by atoms with Crippen molar-refractivity contribution >= 4 is 7.75 Å². The summed E-state index contributed by atoms with van der Waals surface area (Å²) in [5.41, 5.74) is 0. The zero-order valence-corrected chi connectivity index (χ0v) is 8.15. The number of rotatable bonds is 4. The number of aromatic nitrogens is 2. The summed E-state index contributed by atoms with van der Waals surface area (Å²) < 4.78 is 13.9. The number of nitrogens with one attached hydrogen (secondary N) is 1. The maximum Gasteiger partial charge on any atom is 0.243 e. The van der Waals surface area contributed by atoms with Gasteiger partial charge in [0.25, 0.3) is 0 Å². The number of aryl methyl sites for hydroxylation is 1. The maximum atomic E-state index is 10.3. The molecular weight excluding hydrogens is 193 g/mol. The second-order valence-corrected chi connectivity index (χ2v) is 4.10. The third-order valence-electron chi connectivity index (χ3n) is 1.51. The minimum absolute atomic E-state index is 0.186. The lowest BCUT2D eigenvalue weighted by Gasteiger charge is -2.15. The summed E-state index contributed by atoms with van der Waals surface area (Å²) >= 11 is 0. The Morgan fingerprint density at radius 1 is 1.77 bits per heavy atom. The fourth-order valence-electron chi connectivity index (χ4n) is 0.954. The van der Waals surface area contributed by atoms with Crippen molar-refractivity contribution < 1.29 is 18.9 Å². The van der Waals surface area contributed by atoms with Gasteiger partial charge in [-0.2, -0.15) is 0 Å². The molecule has 13 heavy (non-hydrogen) atoms. The fraction of sp³-hybridized carbons (Fsp3) is 0.500. The van der Waals surface area contributed by atoms with Crippen molar-refractivity contribution in [3.63, 3.8) is 0 Å². The van der Waals surface area contributed by atoms with Crippen LogP contribution >= 0.6 is 7.75 Å². The van der Waals surface area contributed by atoms with Crippen LogP contribution in [0.15, 0.2) is 18.7 Å². The molecule has 2 N–H and O–H groups in total. The van der Waals surface area contributed by atoms with E-state index in [1.54, 1.807) is 0 Å². The number of nitrogens with zero attached hydrogens (tertiary/aromatic N) is 2. The van der Waals surface area contributed by atoms with Crippen LogP contribution in [0.2, 0.25) is 0 Å². The Kier molecular flexibility index (Phi) is 3.22. The molecule has 0 saturated carbocycles. The molecule has 7 heteroatoms. The predicted molar refractivity (Wildman–Crippen MR) is 43.4 cm³/mol. The second-order valence-electron chi connectivity index (χ2n) is 2.75. The van der Waals surface area contributed by atoms with Crippen LogP contribution in [-0.2, 0) is 18.2 Å². The molecule has 0 radical (unpaired) electrons. The zero-order chi connectivity index (χ0) is 9.90. The Morgan fingerprint density at radius 2 is 2.46 bits per heavy atom. The Balaban J connectivity index is 2.32. The molecule has 0 spiro atoms. The molecule has 0 aromatic carbocycles. The van der Waals surface area contributed by atoms with Crippen LogP contribution in [0.3, 0.4) is 0 Å². The average Bonchev–Trinajstić information content (AvgIpc) is 2.33. The van der Waals surface area contributed by atoms with Crippen LogP contribution in [0.4, 0.5) is 0 Å². The van der Waals surface area contributed by atoms with Gasteiger partial charge in [0.05, 0.1) is 7.05 Å². The van der Waals surface area contributed by atoms with E-state index in [1.165, 1.54) is 0 Å². The minimum atomic E-state index is -4.32. The standard InChI is InChI=1S/C6H12N3O3P/c1-8-4-5-9(6-8)3-2-7-13(10,11)12/h4-6H,2-3H2,1H3,(H2-,7,10,11,12). The quantitative estimate of drug-likeness (QED) is 0.456. The first-order valence-electron chi connectivity index (χ1n) is 3.77. The van der Waals surface area contributed by atoms with Crippen LogP contribution in [0.1, 0.15) is 0 Å². The Hall–Kier alpha value is -0.680. The van der Waals surface area contributed by atoms with Crippen molar-refractivity contribution in [1.29, 1.82) is 0 Å². The highest BCUT2D eigenvalue weighted by Crippen LogP contribution is 2.20. The summed E-state index contributed by atoms with van der Waals surface area (Å²) in [6.45, 7) is 0.680. The van der Waals surface area contributed by atoms with Crippen molar-refractivity contribution in [3.8, 4) is 0 Å². The summed E-state index contributed by atoms with van der Waals surface area (Å²) in [4.78, 5) is 18.7. The van der Waals surface area contributed by atoms with E-state index in [9.17, 15) is 9.46 Å². The van der Waals surface area contributed by atoms with Crippen molar-refractivity contribution in [2.24, 2.45) is 7.05 Å². The van der Waals surface area contributed by atoms with Gasteiger partial charge in [-0.1, -0.05) is 0 Å². The fourth-order valence-corrected chi connectivity index (χ4v) is 1.34. The van der Waals surface area contributed by atoms with Crippen LogP contribution in [0.25, 0.3) is 0 Å². The number of hydrogen-bond donors (Lipinski definition) is 2. The largest absolute Gasteiger partial charge is 0.766 e. The number of imidazole rings is 1. The molecule has 0 aliphatic rings. The normalized spacial score (nSPS) is 15.6. The first-order valence-corrected chi connectivity index (χ1v) is 5.35. The Morgan fingerprint density at radius 3 is 2.92 bits per heavy atom. The minimum Gasteiger partial charge on any atom is -0.766 e. The van der Waals surface area contributed by atoms with Gasteiger partial charge < -0.3 is 9.79 Å². The van der Waals surface area contributed by atoms with Crippen molar-refractivity contribution in [2.75, 3.05) is 6.54 Å². The lowest BCUT2D eigenvalue weighted by molar-refractivity contribution is -0.671. The van der Waals surface area contributed by atoms with Gasteiger partial charge in [-0.3, -0.25) is 9.65 Å². The first kappa shape index (κ1) is 10.4. The van der Waals surface area contributed by atoms with Crippen LogP contribution in [0, 0.1) is 0 Å². The van der Waals surface area contributed by atoms with Crippen molar-refractivity contribution in [1.82, 2.24) is 9.65 Å². The van der Waals surface area contributed by atoms with Crippen LogP contribution < -0.4 is 14.5 Å². The highest BCUT2D eigenvalue weighted by molar-refractivity contribution is 7.48. The molecule has 1 heterocycles. The molecule has 74 valence electrons. The molecule has 1 rings (SSSR count). The zero-order valence-electron chi connectivity index (χ0n) is 7.25. The van der Waals surface area contributed by atoms with Gasteiger partial charge >= 0.3 is 0 Å². The first-order chi connectivity index (χ1) is 5.97. The third-order valence-corrected chi connectivity index (χ3v) is 2.13. The lowest BCUT2D eigenvalue weighted by atomic mass is 10.6. The summed E-state index contributed by atoms with van der Waals surface area (Å²) in [7, 11) is -2.45. The molecule has 0 amide bonds. The summed E-state index contributed by atoms with van der Waals surface area (Å²) in [6, 6.07) is 0. The second kappa shape index (κ2) is 4.02. The third kappa shape index (κ3) is 4.19. The molecule has 1 unspecified atom stereocenters. The van der Waals surface area contributed by atoms with Gasteiger partial charge in [0, 0.05) is 6.54 Å². The van der Waals surface area contributed by atoms with E-state index in [-0.39, 0.29) is 6.54 Å². The van der Waals surface area contributed by atoms with E-state index in [4.69, 9.17) is 4.89 Å². The van der Waals surface area contributed by atoms with E-state index in [0.717, 1.165) is 0 Å². The van der Waals surface area contributed by atoms with Gasteiger partial charge in [0.15, 0.2) is 0 Å². The van der Waals surface area contributed by atoms with Crippen molar-refractivity contribution in [3.05, 3.63) is 18.7 Å². The topological polar surface area (TPSA) is 81.2 Å². The smallest absolute Gasteiger partial charge is 0.243 e. The van der Waals surface area contributed by atoms with E-state index < -0.39 is 7.75 Å². The van der Waals surface area contributed by atoms with E-state index in [2.05, 4.69) is 0 Å². The summed E-state index contributed by atoms with van der Waals surface area (Å²) in [6.07, 6.45) is 5.47. The monoisotopic (exact) mass is 205 g/mol. The van der Waals surface area contributed by atoms with E-state index >= 15 is 0 Å². The molecule has 0 fully saturated rings. The Labute approximate surface area is 76.0 Å². The van der Waals surface area contributed by atoms with Crippen molar-refractivity contribution in [2.45, 2.75) is 6.54 Å². The molecule has 0 saturated heterocycles.